The minimum atomic E-state index is -3.02. The molecule has 1 N–H and O–H groups in total. The molecule has 1 aliphatic rings. The summed E-state index contributed by atoms with van der Waals surface area (Å²) in [5.74, 6) is -0.271. The Morgan fingerprint density at radius 2 is 1.84 bits per heavy atom. The first-order valence-corrected chi connectivity index (χ1v) is 10.2. The number of rotatable bonds is 8. The quantitative estimate of drug-likeness (QED) is 0.693. The van der Waals surface area contributed by atoms with Gasteiger partial charge in [-0.3, -0.25) is 9.59 Å². The average Bonchev–Trinajstić information content (AvgIpc) is 2.79. The molecule has 2 aromatic carbocycles. The Labute approximate surface area is 180 Å². The maximum Gasteiger partial charge on any atom is 0.387 e. The van der Waals surface area contributed by atoms with Crippen LogP contribution in [0.25, 0.3) is 0 Å². The summed E-state index contributed by atoms with van der Waals surface area (Å²) in [6.07, 6.45) is 1.96. The van der Waals surface area contributed by atoms with Gasteiger partial charge in [-0.25, -0.2) is 0 Å². The maximum atomic E-state index is 12.9. The van der Waals surface area contributed by atoms with Gasteiger partial charge in [-0.2, -0.15) is 8.78 Å². The normalized spacial score (nSPS) is 16.1. The molecule has 1 unspecified atom stereocenters. The van der Waals surface area contributed by atoms with Crippen LogP contribution in [0.5, 0.6) is 11.5 Å². The van der Waals surface area contributed by atoms with Gasteiger partial charge in [0.05, 0.1) is 18.6 Å². The van der Waals surface area contributed by atoms with E-state index in [1.54, 1.807) is 13.2 Å². The number of methoxy groups -OCH3 is 1. The number of alkyl halides is 2. The Hall–Kier alpha value is -3.16. The van der Waals surface area contributed by atoms with Crippen LogP contribution in [0.1, 0.15) is 28.8 Å². The van der Waals surface area contributed by atoms with Crippen molar-refractivity contribution < 1.29 is 27.8 Å². The van der Waals surface area contributed by atoms with Crippen LogP contribution < -0.4 is 14.8 Å². The maximum absolute atomic E-state index is 12.9. The molecule has 6 nitrogen and oxygen atoms in total. The third-order valence-electron chi connectivity index (χ3n) is 5.30. The topological polar surface area (TPSA) is 67.9 Å². The van der Waals surface area contributed by atoms with Gasteiger partial charge >= 0.3 is 6.61 Å². The van der Waals surface area contributed by atoms with Gasteiger partial charge in [0.25, 0.3) is 5.91 Å². The number of carbonyl (C=O) groups excluding carboxylic acids is 2. The second-order valence-electron chi connectivity index (χ2n) is 7.32. The number of halogens is 2. The van der Waals surface area contributed by atoms with Crippen LogP contribution in [0, 0.1) is 5.92 Å². The molecule has 1 fully saturated rings. The summed E-state index contributed by atoms with van der Waals surface area (Å²) >= 11 is 0. The van der Waals surface area contributed by atoms with E-state index in [1.165, 1.54) is 23.1 Å². The number of likely N-dealkylation sites (tertiary alicyclic amines) is 1. The van der Waals surface area contributed by atoms with Crippen molar-refractivity contribution in [3.8, 4) is 11.5 Å². The Morgan fingerprint density at radius 1 is 1.13 bits per heavy atom. The number of nitrogens with one attached hydrogen (secondary N) is 1. The second-order valence-corrected chi connectivity index (χ2v) is 7.32. The summed E-state index contributed by atoms with van der Waals surface area (Å²) < 4.78 is 35.1. The molecule has 2 aromatic rings. The number of hydrogen-bond donors (Lipinski definition) is 1. The summed E-state index contributed by atoms with van der Waals surface area (Å²) in [5.41, 5.74) is 1.07. The fourth-order valence-electron chi connectivity index (χ4n) is 3.76. The molecule has 31 heavy (non-hydrogen) atoms. The third kappa shape index (κ3) is 5.93. The molecule has 0 spiro atoms. The lowest BCUT2D eigenvalue weighted by Crippen LogP contribution is -2.45. The zero-order valence-electron chi connectivity index (χ0n) is 17.4. The molecular weight excluding hydrogens is 406 g/mol. The molecule has 0 saturated carbocycles. The lowest BCUT2D eigenvalue weighted by atomic mass is 9.96. The van der Waals surface area contributed by atoms with Gasteiger partial charge < -0.3 is 19.7 Å². The zero-order valence-corrected chi connectivity index (χ0v) is 17.4. The third-order valence-corrected chi connectivity index (χ3v) is 5.30. The summed E-state index contributed by atoms with van der Waals surface area (Å²) in [7, 11) is 1.61. The highest BCUT2D eigenvalue weighted by atomic mass is 19.3. The van der Waals surface area contributed by atoms with Crippen LogP contribution in [-0.2, 0) is 11.2 Å². The molecular formula is C23H26F2N2O4. The molecule has 0 aromatic heterocycles. The van der Waals surface area contributed by atoms with Crippen molar-refractivity contribution in [3.05, 3.63) is 59.7 Å². The van der Waals surface area contributed by atoms with Crippen LogP contribution in [0.4, 0.5) is 8.78 Å². The van der Waals surface area contributed by atoms with Gasteiger partial charge in [-0.05, 0) is 43.0 Å². The van der Waals surface area contributed by atoms with Crippen molar-refractivity contribution in [2.45, 2.75) is 25.9 Å². The lowest BCUT2D eigenvalue weighted by Gasteiger charge is -2.32. The van der Waals surface area contributed by atoms with Crippen molar-refractivity contribution in [1.82, 2.24) is 10.2 Å². The van der Waals surface area contributed by atoms with E-state index in [1.807, 2.05) is 24.3 Å². The van der Waals surface area contributed by atoms with E-state index in [0.717, 1.165) is 11.3 Å². The van der Waals surface area contributed by atoms with Crippen molar-refractivity contribution in [2.75, 3.05) is 26.7 Å². The van der Waals surface area contributed by atoms with E-state index in [-0.39, 0.29) is 29.7 Å². The van der Waals surface area contributed by atoms with Crippen molar-refractivity contribution >= 4 is 11.8 Å². The molecule has 166 valence electrons. The number of hydrogen-bond acceptors (Lipinski definition) is 4. The SMILES string of the molecule is COc1ccccc1CCNC(=O)C1CCCN(C(=O)c2ccccc2OC(F)F)C1. The molecule has 1 atom stereocenters. The first kappa shape index (κ1) is 22.5. The van der Waals surface area contributed by atoms with E-state index >= 15 is 0 Å². The number of carbonyl (C=O) groups is 2. The summed E-state index contributed by atoms with van der Waals surface area (Å²) in [4.78, 5) is 27.1. The van der Waals surface area contributed by atoms with Gasteiger partial charge in [0, 0.05) is 19.6 Å². The smallest absolute Gasteiger partial charge is 0.387 e. The van der Waals surface area contributed by atoms with Crippen molar-refractivity contribution in [1.29, 1.82) is 0 Å². The predicted molar refractivity (Wildman–Crippen MR) is 111 cm³/mol. The molecule has 1 heterocycles. The summed E-state index contributed by atoms with van der Waals surface area (Å²) in [6.45, 7) is -1.86. The number of benzene rings is 2. The van der Waals surface area contributed by atoms with Crippen molar-refractivity contribution in [3.63, 3.8) is 0 Å². The monoisotopic (exact) mass is 432 g/mol. The van der Waals surface area contributed by atoms with Crippen LogP contribution >= 0.6 is 0 Å². The largest absolute Gasteiger partial charge is 0.496 e. The predicted octanol–water partition coefficient (Wildman–Crippen LogP) is 3.51. The highest BCUT2D eigenvalue weighted by Crippen LogP contribution is 2.25. The molecule has 1 saturated heterocycles. The van der Waals surface area contributed by atoms with Gasteiger partial charge in [0.2, 0.25) is 5.91 Å². The standard InChI is InChI=1S/C23H26F2N2O4/c1-30-19-10-4-2-7-16(19)12-13-26-21(28)17-8-6-14-27(15-17)22(29)18-9-3-5-11-20(18)31-23(24)25/h2-5,7,9-11,17,23H,6,8,12-15H2,1H3,(H,26,28). The zero-order chi connectivity index (χ0) is 22.2. The Bertz CT molecular complexity index is 907. The fraction of sp³-hybridized carbons (Fsp3) is 0.391. The van der Waals surface area contributed by atoms with Crippen LogP contribution in [0.15, 0.2) is 48.5 Å². The van der Waals surface area contributed by atoms with E-state index in [9.17, 15) is 18.4 Å². The second kappa shape index (κ2) is 10.7. The number of nitrogens with zero attached hydrogens (tertiary/aromatic N) is 1. The van der Waals surface area contributed by atoms with Crippen molar-refractivity contribution in [2.24, 2.45) is 5.92 Å². The molecule has 2 amide bonds. The van der Waals surface area contributed by atoms with Crippen LogP contribution in [-0.4, -0.2) is 50.1 Å². The number of amides is 2. The van der Waals surface area contributed by atoms with Gasteiger partial charge in [-0.15, -0.1) is 0 Å². The summed E-state index contributed by atoms with van der Waals surface area (Å²) in [5, 5.41) is 2.93. The van der Waals surface area contributed by atoms with Gasteiger partial charge in [0.1, 0.15) is 11.5 Å². The van der Waals surface area contributed by atoms with E-state index in [2.05, 4.69) is 10.1 Å². The Morgan fingerprint density at radius 3 is 2.58 bits per heavy atom. The van der Waals surface area contributed by atoms with E-state index in [4.69, 9.17) is 4.74 Å². The van der Waals surface area contributed by atoms with Crippen LogP contribution in [0.2, 0.25) is 0 Å². The molecule has 3 rings (SSSR count). The first-order chi connectivity index (χ1) is 15.0. The highest BCUT2D eigenvalue weighted by Gasteiger charge is 2.30. The molecule has 1 aliphatic heterocycles. The Kier molecular flexibility index (Phi) is 7.81. The number of ether oxygens (including phenoxy) is 2. The van der Waals surface area contributed by atoms with E-state index in [0.29, 0.717) is 32.4 Å². The highest BCUT2D eigenvalue weighted by molar-refractivity contribution is 5.97. The summed E-state index contributed by atoms with van der Waals surface area (Å²) in [6, 6.07) is 13.5. The molecule has 0 radical (unpaired) electrons. The number of piperidine rings is 1. The molecule has 0 bridgehead atoms. The minimum Gasteiger partial charge on any atom is -0.496 e. The van der Waals surface area contributed by atoms with Gasteiger partial charge in [0.15, 0.2) is 0 Å². The minimum absolute atomic E-state index is 0.0695. The fourth-order valence-corrected chi connectivity index (χ4v) is 3.76. The first-order valence-electron chi connectivity index (χ1n) is 10.2. The average molecular weight is 432 g/mol. The van der Waals surface area contributed by atoms with Crippen LogP contribution in [0.3, 0.4) is 0 Å². The van der Waals surface area contributed by atoms with Gasteiger partial charge in [-0.1, -0.05) is 30.3 Å². The lowest BCUT2D eigenvalue weighted by molar-refractivity contribution is -0.126. The van der Waals surface area contributed by atoms with E-state index < -0.39 is 12.5 Å². The molecule has 8 heteroatoms. The molecule has 0 aliphatic carbocycles. The Balaban J connectivity index is 1.57. The number of para-hydroxylation sites is 2.